The Labute approximate surface area is 126 Å². The summed E-state index contributed by atoms with van der Waals surface area (Å²) in [6.45, 7) is 0. The van der Waals surface area contributed by atoms with Gasteiger partial charge in [0.05, 0.1) is 10.7 Å². The second-order valence-electron chi connectivity index (χ2n) is 4.23. The molecule has 0 fully saturated rings. The van der Waals surface area contributed by atoms with E-state index in [0.717, 1.165) is 6.08 Å². The van der Waals surface area contributed by atoms with Gasteiger partial charge in [0.2, 0.25) is 0 Å². The molecule has 0 spiro atoms. The number of para-hydroxylation sites is 1. The molecule has 0 atom stereocenters. The van der Waals surface area contributed by atoms with E-state index in [1.54, 1.807) is 48.5 Å². The Kier molecular flexibility index (Phi) is 4.74. The normalized spacial score (nSPS) is 10.5. The van der Waals surface area contributed by atoms with Crippen molar-refractivity contribution in [2.45, 2.75) is 0 Å². The van der Waals surface area contributed by atoms with Gasteiger partial charge in [-0.1, -0.05) is 35.9 Å². The summed E-state index contributed by atoms with van der Waals surface area (Å²) in [5, 5.41) is 11.8. The van der Waals surface area contributed by atoms with Gasteiger partial charge in [-0.3, -0.25) is 4.79 Å². The molecule has 2 rings (SSSR count). The Hall–Kier alpha value is -2.59. The SMILES string of the molecule is O=C(O)/C=C/c1cccc(C(=O)Nc2ccccc2Cl)c1. The third-order valence-corrected chi connectivity index (χ3v) is 3.02. The highest BCUT2D eigenvalue weighted by Crippen LogP contribution is 2.21. The maximum atomic E-state index is 12.1. The zero-order chi connectivity index (χ0) is 15.2. The lowest BCUT2D eigenvalue weighted by molar-refractivity contribution is -0.131. The largest absolute Gasteiger partial charge is 0.478 e. The number of halogens is 1. The molecule has 106 valence electrons. The second-order valence-corrected chi connectivity index (χ2v) is 4.64. The van der Waals surface area contributed by atoms with Crippen molar-refractivity contribution < 1.29 is 14.7 Å². The lowest BCUT2D eigenvalue weighted by Crippen LogP contribution is -2.12. The van der Waals surface area contributed by atoms with Gasteiger partial charge in [0.25, 0.3) is 5.91 Å². The van der Waals surface area contributed by atoms with Crippen molar-refractivity contribution in [2.24, 2.45) is 0 Å². The predicted octanol–water partition coefficient (Wildman–Crippen LogP) is 3.69. The van der Waals surface area contributed by atoms with Crippen LogP contribution in [0.4, 0.5) is 5.69 Å². The van der Waals surface area contributed by atoms with E-state index in [-0.39, 0.29) is 5.91 Å². The van der Waals surface area contributed by atoms with E-state index in [1.807, 2.05) is 0 Å². The number of hydrogen-bond acceptors (Lipinski definition) is 2. The Morgan fingerprint density at radius 3 is 2.57 bits per heavy atom. The highest BCUT2D eigenvalue weighted by atomic mass is 35.5. The zero-order valence-corrected chi connectivity index (χ0v) is 11.7. The molecule has 1 amide bonds. The molecule has 2 N–H and O–H groups in total. The molecule has 0 aliphatic rings. The van der Waals surface area contributed by atoms with Crippen LogP contribution >= 0.6 is 11.6 Å². The minimum Gasteiger partial charge on any atom is -0.478 e. The van der Waals surface area contributed by atoms with Crippen molar-refractivity contribution >= 4 is 35.2 Å². The van der Waals surface area contributed by atoms with Gasteiger partial charge in [0.1, 0.15) is 0 Å². The molecule has 0 bridgehead atoms. The summed E-state index contributed by atoms with van der Waals surface area (Å²) in [5.74, 6) is -1.35. The Balaban J connectivity index is 2.18. The van der Waals surface area contributed by atoms with Crippen LogP contribution < -0.4 is 5.32 Å². The van der Waals surface area contributed by atoms with Gasteiger partial charge in [-0.05, 0) is 35.9 Å². The zero-order valence-electron chi connectivity index (χ0n) is 10.9. The standard InChI is InChI=1S/C16H12ClNO3/c17-13-6-1-2-7-14(13)18-16(21)12-5-3-4-11(10-12)8-9-15(19)20/h1-10H,(H,18,21)(H,19,20)/b9-8+. The highest BCUT2D eigenvalue weighted by Gasteiger charge is 2.08. The molecule has 2 aromatic carbocycles. The minimum absolute atomic E-state index is 0.311. The van der Waals surface area contributed by atoms with Crippen LogP contribution in [-0.4, -0.2) is 17.0 Å². The lowest BCUT2D eigenvalue weighted by atomic mass is 10.1. The molecule has 21 heavy (non-hydrogen) atoms. The molecule has 0 radical (unpaired) electrons. The van der Waals surface area contributed by atoms with Crippen molar-refractivity contribution in [1.82, 2.24) is 0 Å². The predicted molar refractivity (Wildman–Crippen MR) is 82.5 cm³/mol. The minimum atomic E-state index is -1.04. The number of aliphatic carboxylic acids is 1. The molecular formula is C16H12ClNO3. The van der Waals surface area contributed by atoms with Gasteiger partial charge in [-0.25, -0.2) is 4.79 Å². The first-order chi connectivity index (χ1) is 10.1. The van der Waals surface area contributed by atoms with Gasteiger partial charge in [-0.2, -0.15) is 0 Å². The molecule has 0 heterocycles. The van der Waals surface area contributed by atoms with Crippen molar-refractivity contribution in [3.8, 4) is 0 Å². The van der Waals surface area contributed by atoms with Crippen LogP contribution in [0.25, 0.3) is 6.08 Å². The number of rotatable bonds is 4. The van der Waals surface area contributed by atoms with E-state index in [2.05, 4.69) is 5.32 Å². The van der Waals surface area contributed by atoms with Crippen LogP contribution in [0.2, 0.25) is 5.02 Å². The average Bonchev–Trinajstić information content (AvgIpc) is 2.48. The molecule has 5 heteroatoms. The summed E-state index contributed by atoms with van der Waals surface area (Å²) in [7, 11) is 0. The van der Waals surface area contributed by atoms with E-state index >= 15 is 0 Å². The first kappa shape index (κ1) is 14.8. The Morgan fingerprint density at radius 2 is 1.86 bits per heavy atom. The number of carbonyl (C=O) groups is 2. The van der Waals surface area contributed by atoms with E-state index in [1.165, 1.54) is 6.08 Å². The van der Waals surface area contributed by atoms with E-state index in [0.29, 0.717) is 21.8 Å². The highest BCUT2D eigenvalue weighted by molar-refractivity contribution is 6.33. The monoisotopic (exact) mass is 301 g/mol. The van der Waals surface area contributed by atoms with Gasteiger partial charge in [-0.15, -0.1) is 0 Å². The van der Waals surface area contributed by atoms with E-state index in [9.17, 15) is 9.59 Å². The molecule has 2 aromatic rings. The third kappa shape index (κ3) is 4.19. The second kappa shape index (κ2) is 6.72. The summed E-state index contributed by atoms with van der Waals surface area (Å²) < 4.78 is 0. The van der Waals surface area contributed by atoms with Gasteiger partial charge in [0.15, 0.2) is 0 Å². The molecular weight excluding hydrogens is 290 g/mol. The first-order valence-corrected chi connectivity index (χ1v) is 6.51. The van der Waals surface area contributed by atoms with Gasteiger partial charge in [0, 0.05) is 11.6 Å². The fourth-order valence-electron chi connectivity index (χ4n) is 1.71. The van der Waals surface area contributed by atoms with E-state index < -0.39 is 5.97 Å². The summed E-state index contributed by atoms with van der Waals surface area (Å²) in [6.07, 6.45) is 2.44. The lowest BCUT2D eigenvalue weighted by Gasteiger charge is -2.07. The first-order valence-electron chi connectivity index (χ1n) is 6.13. The number of hydrogen-bond donors (Lipinski definition) is 2. The smallest absolute Gasteiger partial charge is 0.328 e. The van der Waals surface area contributed by atoms with Crippen molar-refractivity contribution in [1.29, 1.82) is 0 Å². The van der Waals surface area contributed by atoms with E-state index in [4.69, 9.17) is 16.7 Å². The number of carboxylic acid groups (broad SMARTS) is 1. The summed E-state index contributed by atoms with van der Waals surface area (Å²) in [4.78, 5) is 22.6. The maximum absolute atomic E-state index is 12.1. The van der Waals surface area contributed by atoms with Gasteiger partial charge >= 0.3 is 5.97 Å². The fourth-order valence-corrected chi connectivity index (χ4v) is 1.89. The Bertz CT molecular complexity index is 710. The molecule has 0 unspecified atom stereocenters. The number of amides is 1. The number of benzene rings is 2. The van der Waals surface area contributed by atoms with Gasteiger partial charge < -0.3 is 10.4 Å². The Morgan fingerprint density at radius 1 is 1.10 bits per heavy atom. The summed E-state index contributed by atoms with van der Waals surface area (Å²) in [6, 6.07) is 13.6. The molecule has 4 nitrogen and oxygen atoms in total. The maximum Gasteiger partial charge on any atom is 0.328 e. The molecule has 0 saturated carbocycles. The topological polar surface area (TPSA) is 66.4 Å². The third-order valence-electron chi connectivity index (χ3n) is 2.69. The molecule has 0 aliphatic heterocycles. The van der Waals surface area contributed by atoms with Crippen LogP contribution in [0.1, 0.15) is 15.9 Å². The summed E-state index contributed by atoms with van der Waals surface area (Å²) >= 11 is 5.98. The van der Waals surface area contributed by atoms with Crippen LogP contribution in [0.15, 0.2) is 54.6 Å². The average molecular weight is 302 g/mol. The van der Waals surface area contributed by atoms with Crippen LogP contribution in [0.3, 0.4) is 0 Å². The quantitative estimate of drug-likeness (QED) is 0.846. The molecule has 0 aliphatic carbocycles. The number of carbonyl (C=O) groups excluding carboxylic acids is 1. The number of carboxylic acids is 1. The molecule has 0 aromatic heterocycles. The van der Waals surface area contributed by atoms with Crippen molar-refractivity contribution in [3.63, 3.8) is 0 Å². The number of nitrogens with one attached hydrogen (secondary N) is 1. The fraction of sp³-hybridized carbons (Fsp3) is 0. The van der Waals surface area contributed by atoms with Crippen LogP contribution in [0.5, 0.6) is 0 Å². The van der Waals surface area contributed by atoms with Crippen LogP contribution in [-0.2, 0) is 4.79 Å². The van der Waals surface area contributed by atoms with Crippen molar-refractivity contribution in [2.75, 3.05) is 5.32 Å². The summed E-state index contributed by atoms with van der Waals surface area (Å²) in [5.41, 5.74) is 1.57. The molecule has 0 saturated heterocycles. The van der Waals surface area contributed by atoms with Crippen molar-refractivity contribution in [3.05, 3.63) is 70.8 Å². The number of anilines is 1. The van der Waals surface area contributed by atoms with Crippen LogP contribution in [0, 0.1) is 0 Å².